The first kappa shape index (κ1) is 17.9. The lowest BCUT2D eigenvalue weighted by molar-refractivity contribution is -0.166. The molecule has 2 atom stereocenters. The van der Waals surface area contributed by atoms with Gasteiger partial charge in [-0.05, 0) is 37.2 Å². The van der Waals surface area contributed by atoms with Crippen LogP contribution in [-0.4, -0.2) is 46.2 Å². The summed E-state index contributed by atoms with van der Waals surface area (Å²) in [5.41, 5.74) is -0.319. The van der Waals surface area contributed by atoms with E-state index in [-0.39, 0.29) is 25.3 Å². The molecule has 0 bridgehead atoms. The molecule has 1 heterocycles. The molecule has 1 aromatic rings. The summed E-state index contributed by atoms with van der Waals surface area (Å²) < 4.78 is 0. The smallest absolute Gasteiger partial charge is 0.312 e. The van der Waals surface area contributed by atoms with Crippen molar-refractivity contribution in [1.29, 1.82) is 0 Å². The van der Waals surface area contributed by atoms with Crippen molar-refractivity contribution in [3.8, 4) is 0 Å². The van der Waals surface area contributed by atoms with Crippen LogP contribution in [-0.2, 0) is 16.0 Å². The molecule has 2 fully saturated rings. The Labute approximate surface area is 148 Å². The minimum Gasteiger partial charge on any atom is -0.481 e. The molecule has 136 valence electrons. The van der Waals surface area contributed by atoms with Gasteiger partial charge in [0.25, 0.3) is 0 Å². The number of hydrogen-bond acceptors (Lipinski definition) is 3. The molecule has 0 radical (unpaired) electrons. The molecule has 25 heavy (non-hydrogen) atoms. The molecule has 3 rings (SSSR count). The molecule has 1 saturated carbocycles. The van der Waals surface area contributed by atoms with Gasteiger partial charge in [0, 0.05) is 19.5 Å². The average Bonchev–Trinajstić information content (AvgIpc) is 3.10. The number of rotatable bonds is 5. The van der Waals surface area contributed by atoms with E-state index in [1.165, 1.54) is 12.8 Å². The molecule has 0 aromatic heterocycles. The Morgan fingerprint density at radius 3 is 2.44 bits per heavy atom. The number of aliphatic hydroxyl groups is 1. The highest BCUT2D eigenvalue weighted by atomic mass is 16.4. The zero-order valence-corrected chi connectivity index (χ0v) is 14.6. The van der Waals surface area contributed by atoms with Crippen LogP contribution in [0.1, 0.15) is 44.1 Å². The van der Waals surface area contributed by atoms with Crippen molar-refractivity contribution >= 4 is 11.9 Å². The summed E-state index contributed by atoms with van der Waals surface area (Å²) in [6, 6.07) is 9.40. The standard InChI is InChI=1S/C20H27NO4/c22-17-14-21(18(23)12-15-6-4-5-7-15)11-10-20(17,19(24)25)13-16-8-2-1-3-9-16/h1-3,8-9,15,17,22H,4-7,10-14H2,(H,24,25)/t17-,20+/m0/s1. The molecule has 2 N–H and O–H groups in total. The summed E-state index contributed by atoms with van der Waals surface area (Å²) in [4.78, 5) is 26.2. The predicted octanol–water partition coefficient (Wildman–Crippen LogP) is 2.47. The Hall–Kier alpha value is -1.88. The Morgan fingerprint density at radius 2 is 1.84 bits per heavy atom. The molecule has 1 amide bonds. The number of carbonyl (C=O) groups is 2. The average molecular weight is 345 g/mol. The van der Waals surface area contributed by atoms with Gasteiger partial charge in [-0.15, -0.1) is 0 Å². The van der Waals surface area contributed by atoms with Gasteiger partial charge in [0.15, 0.2) is 0 Å². The Kier molecular flexibility index (Phi) is 5.42. The van der Waals surface area contributed by atoms with Crippen molar-refractivity contribution in [2.24, 2.45) is 11.3 Å². The van der Waals surface area contributed by atoms with E-state index >= 15 is 0 Å². The van der Waals surface area contributed by atoms with Crippen molar-refractivity contribution in [3.63, 3.8) is 0 Å². The fourth-order valence-electron chi connectivity index (χ4n) is 4.28. The summed E-state index contributed by atoms with van der Waals surface area (Å²) in [7, 11) is 0. The highest BCUT2D eigenvalue weighted by Crippen LogP contribution is 2.37. The van der Waals surface area contributed by atoms with Crippen LogP contribution in [0.15, 0.2) is 30.3 Å². The van der Waals surface area contributed by atoms with Crippen molar-refractivity contribution in [2.75, 3.05) is 13.1 Å². The van der Waals surface area contributed by atoms with E-state index in [4.69, 9.17) is 0 Å². The number of piperidine rings is 1. The van der Waals surface area contributed by atoms with Crippen molar-refractivity contribution in [3.05, 3.63) is 35.9 Å². The highest BCUT2D eigenvalue weighted by molar-refractivity contribution is 5.79. The van der Waals surface area contributed by atoms with Gasteiger partial charge in [-0.2, -0.15) is 0 Å². The molecular formula is C20H27NO4. The van der Waals surface area contributed by atoms with Gasteiger partial charge >= 0.3 is 5.97 Å². The lowest BCUT2D eigenvalue weighted by atomic mass is 9.71. The number of amides is 1. The first-order chi connectivity index (χ1) is 12.0. The molecule has 5 nitrogen and oxygen atoms in total. The van der Waals surface area contributed by atoms with E-state index in [0.717, 1.165) is 18.4 Å². The molecule has 2 aliphatic rings. The highest BCUT2D eigenvalue weighted by Gasteiger charge is 2.49. The number of likely N-dealkylation sites (tertiary alicyclic amines) is 1. The number of nitrogens with zero attached hydrogens (tertiary/aromatic N) is 1. The van der Waals surface area contributed by atoms with Crippen LogP contribution in [0.3, 0.4) is 0 Å². The van der Waals surface area contributed by atoms with Gasteiger partial charge in [-0.1, -0.05) is 43.2 Å². The lowest BCUT2D eigenvalue weighted by Crippen LogP contribution is -2.57. The van der Waals surface area contributed by atoms with E-state index in [0.29, 0.717) is 18.9 Å². The topological polar surface area (TPSA) is 77.8 Å². The number of benzene rings is 1. The normalized spacial score (nSPS) is 27.4. The van der Waals surface area contributed by atoms with Crippen LogP contribution < -0.4 is 0 Å². The van der Waals surface area contributed by atoms with Crippen LogP contribution in [0.25, 0.3) is 0 Å². The van der Waals surface area contributed by atoms with Crippen LogP contribution in [0.5, 0.6) is 0 Å². The summed E-state index contributed by atoms with van der Waals surface area (Å²) in [5.74, 6) is -0.462. The number of carboxylic acid groups (broad SMARTS) is 1. The van der Waals surface area contributed by atoms with Gasteiger partial charge in [0.1, 0.15) is 5.41 Å². The number of β-amino-alcohol motifs (C(OH)–C–C–N with tert-alkyl or cyclic N) is 1. The SMILES string of the molecule is O=C(CC1CCCC1)N1CC[C@](Cc2ccccc2)(C(=O)O)[C@@H](O)C1. The van der Waals surface area contributed by atoms with Crippen molar-refractivity contribution < 1.29 is 19.8 Å². The Bertz CT molecular complexity index is 611. The summed E-state index contributed by atoms with van der Waals surface area (Å²) in [6.45, 7) is 0.520. The molecule has 1 aliphatic carbocycles. The quantitative estimate of drug-likeness (QED) is 0.859. The third kappa shape index (κ3) is 3.87. The lowest BCUT2D eigenvalue weighted by Gasteiger charge is -2.43. The summed E-state index contributed by atoms with van der Waals surface area (Å²) >= 11 is 0. The zero-order valence-electron chi connectivity index (χ0n) is 14.6. The minimum atomic E-state index is -1.22. The summed E-state index contributed by atoms with van der Waals surface area (Å²) in [5, 5.41) is 20.5. The number of hydrogen-bond donors (Lipinski definition) is 2. The largest absolute Gasteiger partial charge is 0.481 e. The van der Waals surface area contributed by atoms with Crippen molar-refractivity contribution in [1.82, 2.24) is 4.90 Å². The van der Waals surface area contributed by atoms with E-state index < -0.39 is 17.5 Å². The summed E-state index contributed by atoms with van der Waals surface area (Å²) in [6.07, 6.45) is 4.66. The Morgan fingerprint density at radius 1 is 1.16 bits per heavy atom. The van der Waals surface area contributed by atoms with Crippen LogP contribution in [0.4, 0.5) is 0 Å². The van der Waals surface area contributed by atoms with E-state index in [1.807, 2.05) is 30.3 Å². The third-order valence-corrected chi connectivity index (χ3v) is 5.94. The van der Waals surface area contributed by atoms with Gasteiger partial charge in [0.05, 0.1) is 6.10 Å². The third-order valence-electron chi connectivity index (χ3n) is 5.94. The molecule has 1 aliphatic heterocycles. The van der Waals surface area contributed by atoms with E-state index in [9.17, 15) is 19.8 Å². The van der Waals surface area contributed by atoms with Crippen LogP contribution >= 0.6 is 0 Å². The molecular weight excluding hydrogens is 318 g/mol. The fourth-order valence-corrected chi connectivity index (χ4v) is 4.28. The maximum absolute atomic E-state index is 12.5. The first-order valence-electron chi connectivity index (χ1n) is 9.24. The minimum absolute atomic E-state index is 0.0599. The molecule has 0 spiro atoms. The first-order valence-corrected chi connectivity index (χ1v) is 9.24. The van der Waals surface area contributed by atoms with Crippen LogP contribution in [0.2, 0.25) is 0 Å². The number of aliphatic hydroxyl groups excluding tert-OH is 1. The second-order valence-corrected chi connectivity index (χ2v) is 7.58. The van der Waals surface area contributed by atoms with E-state index in [2.05, 4.69) is 0 Å². The number of aliphatic carboxylic acids is 1. The van der Waals surface area contributed by atoms with Crippen LogP contribution in [0, 0.1) is 11.3 Å². The van der Waals surface area contributed by atoms with Gasteiger partial charge in [-0.3, -0.25) is 9.59 Å². The molecule has 5 heteroatoms. The Balaban J connectivity index is 1.67. The maximum atomic E-state index is 12.5. The second kappa shape index (κ2) is 7.56. The van der Waals surface area contributed by atoms with Gasteiger partial charge in [0.2, 0.25) is 5.91 Å². The van der Waals surface area contributed by atoms with Gasteiger partial charge < -0.3 is 15.1 Å². The predicted molar refractivity (Wildman–Crippen MR) is 94.0 cm³/mol. The maximum Gasteiger partial charge on any atom is 0.312 e. The molecule has 0 unspecified atom stereocenters. The van der Waals surface area contributed by atoms with E-state index in [1.54, 1.807) is 4.90 Å². The number of carboxylic acids is 1. The molecule has 1 saturated heterocycles. The monoisotopic (exact) mass is 345 g/mol. The van der Waals surface area contributed by atoms with Gasteiger partial charge in [-0.25, -0.2) is 0 Å². The fraction of sp³-hybridized carbons (Fsp3) is 0.600. The number of carbonyl (C=O) groups excluding carboxylic acids is 1. The molecule has 1 aromatic carbocycles. The zero-order chi connectivity index (χ0) is 17.9. The van der Waals surface area contributed by atoms with Crippen molar-refractivity contribution in [2.45, 2.75) is 51.0 Å². The second-order valence-electron chi connectivity index (χ2n) is 7.58.